The maximum absolute atomic E-state index is 5.74. The van der Waals surface area contributed by atoms with Gasteiger partial charge in [0.25, 0.3) is 0 Å². The number of nitrogens with zero attached hydrogens (tertiary/aromatic N) is 3. The molecule has 2 rings (SSSR count). The van der Waals surface area contributed by atoms with Gasteiger partial charge in [0.1, 0.15) is 17.9 Å². The van der Waals surface area contributed by atoms with Gasteiger partial charge in [-0.2, -0.15) is 5.10 Å². The van der Waals surface area contributed by atoms with E-state index in [4.69, 9.17) is 10.6 Å². The second kappa shape index (κ2) is 7.53. The topological polar surface area (TPSA) is 78.0 Å². The predicted molar refractivity (Wildman–Crippen MR) is 84.8 cm³/mol. The molecule has 3 N–H and O–H groups in total. The number of benzene rings is 1. The molecule has 2 aromatic rings. The SMILES string of the molecule is CCCn1ncnc1CC(NN)c1cc(OC)ccc1Br. The van der Waals surface area contributed by atoms with Gasteiger partial charge >= 0.3 is 0 Å². The molecule has 1 aromatic carbocycles. The Bertz CT molecular complexity index is 586. The molecule has 1 atom stereocenters. The summed E-state index contributed by atoms with van der Waals surface area (Å²) >= 11 is 3.56. The lowest BCUT2D eigenvalue weighted by Gasteiger charge is -2.18. The molecule has 0 fully saturated rings. The first kappa shape index (κ1) is 15.9. The van der Waals surface area contributed by atoms with Crippen molar-refractivity contribution in [2.24, 2.45) is 5.84 Å². The van der Waals surface area contributed by atoms with Gasteiger partial charge in [-0.25, -0.2) is 4.98 Å². The zero-order valence-electron chi connectivity index (χ0n) is 12.2. The smallest absolute Gasteiger partial charge is 0.138 e. The Balaban J connectivity index is 2.25. The van der Waals surface area contributed by atoms with Gasteiger partial charge in [-0.3, -0.25) is 16.0 Å². The quantitative estimate of drug-likeness (QED) is 0.589. The molecule has 0 aliphatic rings. The van der Waals surface area contributed by atoms with E-state index in [9.17, 15) is 0 Å². The normalized spacial score (nSPS) is 12.4. The molecule has 0 bridgehead atoms. The second-order valence-corrected chi connectivity index (χ2v) is 5.56. The number of hydrogen-bond acceptors (Lipinski definition) is 5. The van der Waals surface area contributed by atoms with Gasteiger partial charge in [-0.15, -0.1) is 0 Å². The van der Waals surface area contributed by atoms with Crippen LogP contribution in [0.1, 0.15) is 30.8 Å². The molecule has 0 radical (unpaired) electrons. The third kappa shape index (κ3) is 3.81. The molecule has 0 spiro atoms. The number of hydrazine groups is 1. The number of ether oxygens (including phenoxy) is 1. The highest BCUT2D eigenvalue weighted by Gasteiger charge is 2.17. The number of halogens is 1. The van der Waals surface area contributed by atoms with E-state index in [1.54, 1.807) is 13.4 Å². The average molecular weight is 354 g/mol. The molecule has 1 unspecified atom stereocenters. The van der Waals surface area contributed by atoms with Crippen LogP contribution in [0.3, 0.4) is 0 Å². The van der Waals surface area contributed by atoms with Crippen LogP contribution in [-0.2, 0) is 13.0 Å². The van der Waals surface area contributed by atoms with Crippen LogP contribution < -0.4 is 16.0 Å². The number of hydrogen-bond donors (Lipinski definition) is 2. The highest BCUT2D eigenvalue weighted by atomic mass is 79.9. The largest absolute Gasteiger partial charge is 0.497 e. The first-order chi connectivity index (χ1) is 10.2. The van der Waals surface area contributed by atoms with E-state index in [0.29, 0.717) is 6.42 Å². The number of rotatable bonds is 7. The lowest BCUT2D eigenvalue weighted by atomic mass is 10.0. The average Bonchev–Trinajstić information content (AvgIpc) is 2.93. The third-order valence-corrected chi connectivity index (χ3v) is 4.02. The summed E-state index contributed by atoms with van der Waals surface area (Å²) in [5.74, 6) is 7.44. The summed E-state index contributed by atoms with van der Waals surface area (Å²) < 4.78 is 8.17. The number of nitrogens with one attached hydrogen (secondary N) is 1. The van der Waals surface area contributed by atoms with Crippen molar-refractivity contribution >= 4 is 15.9 Å². The van der Waals surface area contributed by atoms with Gasteiger partial charge in [0, 0.05) is 17.4 Å². The fraction of sp³-hybridized carbons (Fsp3) is 0.429. The highest BCUT2D eigenvalue weighted by Crippen LogP contribution is 2.29. The van der Waals surface area contributed by atoms with Crippen molar-refractivity contribution in [3.05, 3.63) is 40.4 Å². The number of aromatic nitrogens is 3. The Kier molecular flexibility index (Phi) is 5.72. The van der Waals surface area contributed by atoms with Crippen molar-refractivity contribution in [1.29, 1.82) is 0 Å². The van der Waals surface area contributed by atoms with Crippen molar-refractivity contribution in [3.63, 3.8) is 0 Å². The Hall–Kier alpha value is -1.44. The fourth-order valence-electron chi connectivity index (χ4n) is 2.20. The van der Waals surface area contributed by atoms with Gasteiger partial charge in [0.2, 0.25) is 0 Å². The van der Waals surface area contributed by atoms with E-state index in [1.165, 1.54) is 0 Å². The van der Waals surface area contributed by atoms with E-state index in [-0.39, 0.29) is 6.04 Å². The first-order valence-electron chi connectivity index (χ1n) is 6.85. The molecule has 21 heavy (non-hydrogen) atoms. The number of methoxy groups -OCH3 is 1. The summed E-state index contributed by atoms with van der Waals surface area (Å²) in [5.41, 5.74) is 3.88. The van der Waals surface area contributed by atoms with Crippen LogP contribution in [0.4, 0.5) is 0 Å². The lowest BCUT2D eigenvalue weighted by Crippen LogP contribution is -2.30. The van der Waals surface area contributed by atoms with E-state index < -0.39 is 0 Å². The van der Waals surface area contributed by atoms with Crippen LogP contribution in [0.15, 0.2) is 29.0 Å². The summed E-state index contributed by atoms with van der Waals surface area (Å²) in [6.45, 7) is 2.97. The molecule has 0 saturated heterocycles. The fourth-order valence-corrected chi connectivity index (χ4v) is 2.72. The minimum atomic E-state index is -0.0747. The Labute approximate surface area is 132 Å². The molecule has 0 saturated carbocycles. The third-order valence-electron chi connectivity index (χ3n) is 3.30. The van der Waals surface area contributed by atoms with Gasteiger partial charge in [-0.1, -0.05) is 22.9 Å². The summed E-state index contributed by atoms with van der Waals surface area (Å²) in [5, 5.41) is 4.24. The van der Waals surface area contributed by atoms with E-state index in [1.807, 2.05) is 22.9 Å². The van der Waals surface area contributed by atoms with Crippen LogP contribution >= 0.6 is 15.9 Å². The Morgan fingerprint density at radius 2 is 2.29 bits per heavy atom. The second-order valence-electron chi connectivity index (χ2n) is 4.71. The number of nitrogens with two attached hydrogens (primary N) is 1. The first-order valence-corrected chi connectivity index (χ1v) is 7.65. The van der Waals surface area contributed by atoms with Gasteiger partial charge < -0.3 is 4.74 Å². The Morgan fingerprint density at radius 1 is 1.48 bits per heavy atom. The van der Waals surface area contributed by atoms with Crippen LogP contribution in [0.5, 0.6) is 5.75 Å². The van der Waals surface area contributed by atoms with Crippen LogP contribution in [0.2, 0.25) is 0 Å². The van der Waals surface area contributed by atoms with E-state index >= 15 is 0 Å². The molecule has 6 nitrogen and oxygen atoms in total. The summed E-state index contributed by atoms with van der Waals surface area (Å²) in [4.78, 5) is 4.33. The van der Waals surface area contributed by atoms with Crippen molar-refractivity contribution in [2.75, 3.05) is 7.11 Å². The van der Waals surface area contributed by atoms with Crippen molar-refractivity contribution < 1.29 is 4.74 Å². The van der Waals surface area contributed by atoms with Gasteiger partial charge in [-0.05, 0) is 30.2 Å². The summed E-state index contributed by atoms with van der Waals surface area (Å²) in [6, 6.07) is 5.75. The maximum Gasteiger partial charge on any atom is 0.138 e. The Morgan fingerprint density at radius 3 is 2.95 bits per heavy atom. The van der Waals surface area contributed by atoms with Crippen molar-refractivity contribution in [1.82, 2.24) is 20.2 Å². The van der Waals surface area contributed by atoms with Crippen molar-refractivity contribution in [3.8, 4) is 5.75 Å². The minimum Gasteiger partial charge on any atom is -0.497 e. The standard InChI is InChI=1S/C14H20BrN5O/c1-3-6-20-14(17-9-18-20)8-13(19-16)11-7-10(21-2)4-5-12(11)15/h4-5,7,9,13,19H,3,6,8,16H2,1-2H3. The van der Waals surface area contributed by atoms with Crippen molar-refractivity contribution in [2.45, 2.75) is 32.4 Å². The molecule has 0 amide bonds. The maximum atomic E-state index is 5.74. The van der Waals surface area contributed by atoms with Gasteiger partial charge in [0.05, 0.1) is 13.2 Å². The highest BCUT2D eigenvalue weighted by molar-refractivity contribution is 9.10. The minimum absolute atomic E-state index is 0.0747. The zero-order chi connectivity index (χ0) is 15.2. The molecular formula is C14H20BrN5O. The summed E-state index contributed by atoms with van der Waals surface area (Å²) in [7, 11) is 1.65. The number of aryl methyl sites for hydroxylation is 1. The molecule has 114 valence electrons. The molecule has 1 aromatic heterocycles. The van der Waals surface area contributed by atoms with Gasteiger partial charge in [0.15, 0.2) is 0 Å². The molecular weight excluding hydrogens is 334 g/mol. The summed E-state index contributed by atoms with van der Waals surface area (Å²) in [6.07, 6.45) is 3.25. The molecule has 7 heteroatoms. The molecule has 0 aliphatic heterocycles. The van der Waals surface area contributed by atoms with E-state index in [0.717, 1.165) is 34.6 Å². The van der Waals surface area contributed by atoms with E-state index in [2.05, 4.69) is 38.4 Å². The monoisotopic (exact) mass is 353 g/mol. The van der Waals surface area contributed by atoms with Crippen LogP contribution in [-0.4, -0.2) is 21.9 Å². The van der Waals surface area contributed by atoms with Crippen LogP contribution in [0.25, 0.3) is 0 Å². The predicted octanol–water partition coefficient (Wildman–Crippen LogP) is 2.21. The molecule has 1 heterocycles. The lowest BCUT2D eigenvalue weighted by molar-refractivity contribution is 0.412. The molecule has 0 aliphatic carbocycles. The zero-order valence-corrected chi connectivity index (χ0v) is 13.8. The van der Waals surface area contributed by atoms with Crippen LogP contribution in [0, 0.1) is 0 Å².